The van der Waals surface area contributed by atoms with Crippen LogP contribution in [0.3, 0.4) is 0 Å². The third-order valence-corrected chi connectivity index (χ3v) is 6.23. The molecule has 0 aliphatic carbocycles. The van der Waals surface area contributed by atoms with Crippen LogP contribution in [0.5, 0.6) is 0 Å². The molecule has 1 fully saturated rings. The molecule has 0 bridgehead atoms. The van der Waals surface area contributed by atoms with Gasteiger partial charge in [0.05, 0.1) is 6.42 Å². The van der Waals surface area contributed by atoms with Gasteiger partial charge < -0.3 is 9.80 Å². The van der Waals surface area contributed by atoms with Crippen LogP contribution in [0.1, 0.15) is 47.1 Å². The summed E-state index contributed by atoms with van der Waals surface area (Å²) in [6.45, 7) is 4.81. The lowest BCUT2D eigenvalue weighted by molar-refractivity contribution is -0.131. The van der Waals surface area contributed by atoms with Gasteiger partial charge in [0, 0.05) is 48.9 Å². The van der Waals surface area contributed by atoms with E-state index < -0.39 is 0 Å². The quantitative estimate of drug-likeness (QED) is 0.860. The van der Waals surface area contributed by atoms with Gasteiger partial charge in [0.2, 0.25) is 5.91 Å². The van der Waals surface area contributed by atoms with Crippen LogP contribution >= 0.6 is 11.6 Å². The van der Waals surface area contributed by atoms with Gasteiger partial charge in [0.1, 0.15) is 0 Å². The number of aromatic nitrogens is 2. The Morgan fingerprint density at radius 3 is 2.68 bits per heavy atom. The number of carbonyl (C=O) groups is 2. The van der Waals surface area contributed by atoms with Gasteiger partial charge in [-0.1, -0.05) is 36.7 Å². The first-order chi connectivity index (χ1) is 13.5. The summed E-state index contributed by atoms with van der Waals surface area (Å²) in [7, 11) is 0. The minimum atomic E-state index is -0.0233. The normalized spacial score (nSPS) is 17.5. The number of halogens is 1. The number of hydrogen-bond donors (Lipinski definition) is 1. The highest BCUT2D eigenvalue weighted by Gasteiger charge is 2.31. The molecule has 0 atom stereocenters. The maximum Gasteiger partial charge on any atom is 0.274 e. The average molecular weight is 401 g/mol. The Morgan fingerprint density at radius 1 is 1.18 bits per heavy atom. The third kappa shape index (κ3) is 3.78. The van der Waals surface area contributed by atoms with Crippen molar-refractivity contribution in [3.05, 3.63) is 51.8 Å². The fraction of sp³-hybridized carbons (Fsp3) is 0.476. The van der Waals surface area contributed by atoms with E-state index in [9.17, 15) is 9.59 Å². The Morgan fingerprint density at radius 2 is 1.93 bits per heavy atom. The minimum absolute atomic E-state index is 0.0187. The molecule has 0 unspecified atom stereocenters. The Bertz CT molecular complexity index is 886. The van der Waals surface area contributed by atoms with Crippen LogP contribution in [-0.2, 0) is 24.2 Å². The highest BCUT2D eigenvalue weighted by Crippen LogP contribution is 2.25. The van der Waals surface area contributed by atoms with Crippen LogP contribution < -0.4 is 0 Å². The Kier molecular flexibility index (Phi) is 5.40. The summed E-state index contributed by atoms with van der Waals surface area (Å²) >= 11 is 6.20. The van der Waals surface area contributed by atoms with Crippen LogP contribution in [0.25, 0.3) is 0 Å². The summed E-state index contributed by atoms with van der Waals surface area (Å²) in [5.41, 5.74) is 3.13. The van der Waals surface area contributed by atoms with Crippen molar-refractivity contribution in [1.82, 2.24) is 20.0 Å². The standard InChI is InChI=1S/C21H25ClN4O2/c1-14-6-9-25(10-7-14)21(28)20-16-13-26(11-8-18(16)23-24-20)19(27)12-15-4-2-3-5-17(15)22/h2-5,14H,6-13H2,1H3,(H,23,24). The number of benzene rings is 1. The highest BCUT2D eigenvalue weighted by molar-refractivity contribution is 6.31. The molecule has 148 valence electrons. The molecule has 0 radical (unpaired) electrons. The van der Waals surface area contributed by atoms with Gasteiger partial charge in [-0.25, -0.2) is 0 Å². The van der Waals surface area contributed by atoms with Crippen LogP contribution in [0.4, 0.5) is 0 Å². The van der Waals surface area contributed by atoms with Crippen molar-refractivity contribution in [3.63, 3.8) is 0 Å². The van der Waals surface area contributed by atoms with Crippen LogP contribution in [0.2, 0.25) is 5.02 Å². The largest absolute Gasteiger partial charge is 0.338 e. The number of carbonyl (C=O) groups excluding carboxylic acids is 2. The van der Waals surface area contributed by atoms with Gasteiger partial charge in [-0.05, 0) is 30.4 Å². The summed E-state index contributed by atoms with van der Waals surface area (Å²) in [4.78, 5) is 29.5. The average Bonchev–Trinajstić information content (AvgIpc) is 3.13. The number of fused-ring (bicyclic) bond motifs is 1. The second kappa shape index (κ2) is 7.95. The third-order valence-electron chi connectivity index (χ3n) is 5.86. The second-order valence-electron chi connectivity index (χ2n) is 7.84. The van der Waals surface area contributed by atoms with Gasteiger partial charge >= 0.3 is 0 Å². The number of nitrogens with one attached hydrogen (secondary N) is 1. The fourth-order valence-electron chi connectivity index (χ4n) is 3.96. The molecule has 0 saturated carbocycles. The SMILES string of the molecule is CC1CCN(C(=O)c2n[nH]c3c2CN(C(=O)Cc2ccccc2Cl)CC3)CC1. The molecule has 2 amide bonds. The zero-order valence-corrected chi connectivity index (χ0v) is 16.8. The number of nitrogens with zero attached hydrogens (tertiary/aromatic N) is 3. The molecule has 4 rings (SSSR count). The molecule has 1 saturated heterocycles. The number of rotatable bonds is 3. The molecule has 2 aliphatic heterocycles. The fourth-order valence-corrected chi connectivity index (χ4v) is 4.17. The van der Waals surface area contributed by atoms with E-state index >= 15 is 0 Å². The number of aromatic amines is 1. The Labute approximate surface area is 169 Å². The van der Waals surface area contributed by atoms with Gasteiger partial charge in [-0.15, -0.1) is 0 Å². The number of likely N-dealkylation sites (tertiary alicyclic amines) is 1. The number of H-pyrrole nitrogens is 1. The van der Waals surface area contributed by atoms with Crippen molar-refractivity contribution >= 4 is 23.4 Å². The van der Waals surface area contributed by atoms with Gasteiger partial charge in [-0.2, -0.15) is 5.10 Å². The van der Waals surface area contributed by atoms with Gasteiger partial charge in [0.25, 0.3) is 5.91 Å². The van der Waals surface area contributed by atoms with Crippen molar-refractivity contribution in [2.45, 2.75) is 39.2 Å². The molecule has 1 N–H and O–H groups in total. The van der Waals surface area contributed by atoms with E-state index in [1.165, 1.54) is 0 Å². The van der Waals surface area contributed by atoms with Crippen LogP contribution in [0, 0.1) is 5.92 Å². The van der Waals surface area contributed by atoms with Gasteiger partial charge in [-0.3, -0.25) is 14.7 Å². The topological polar surface area (TPSA) is 69.3 Å². The summed E-state index contributed by atoms with van der Waals surface area (Å²) < 4.78 is 0. The molecule has 7 heteroatoms. The first kappa shape index (κ1) is 19.0. The predicted octanol–water partition coefficient (Wildman–Crippen LogP) is 3.06. The highest BCUT2D eigenvalue weighted by atomic mass is 35.5. The van der Waals surface area contributed by atoms with Gasteiger partial charge in [0.15, 0.2) is 5.69 Å². The van der Waals surface area contributed by atoms with Crippen molar-refractivity contribution in [3.8, 4) is 0 Å². The maximum atomic E-state index is 13.0. The van der Waals surface area contributed by atoms with E-state index in [1.54, 1.807) is 11.0 Å². The molecule has 1 aromatic heterocycles. The molecule has 6 nitrogen and oxygen atoms in total. The molecule has 0 spiro atoms. The molecular formula is C21H25ClN4O2. The van der Waals surface area contributed by atoms with E-state index in [0.717, 1.165) is 42.8 Å². The smallest absolute Gasteiger partial charge is 0.274 e. The maximum absolute atomic E-state index is 13.0. The Hall–Kier alpha value is -2.34. The molecule has 1 aromatic carbocycles. The van der Waals surface area contributed by atoms with Crippen molar-refractivity contribution in [2.75, 3.05) is 19.6 Å². The first-order valence-electron chi connectivity index (χ1n) is 9.89. The lowest BCUT2D eigenvalue weighted by Crippen LogP contribution is -2.40. The lowest BCUT2D eigenvalue weighted by Gasteiger charge is -2.31. The molecule has 3 heterocycles. The monoisotopic (exact) mass is 400 g/mol. The van der Waals surface area contributed by atoms with E-state index in [2.05, 4.69) is 17.1 Å². The van der Waals surface area contributed by atoms with E-state index in [1.807, 2.05) is 23.1 Å². The van der Waals surface area contributed by atoms with Crippen molar-refractivity contribution < 1.29 is 9.59 Å². The predicted molar refractivity (Wildman–Crippen MR) is 107 cm³/mol. The zero-order chi connectivity index (χ0) is 19.7. The van der Waals surface area contributed by atoms with E-state index in [-0.39, 0.29) is 18.2 Å². The zero-order valence-electron chi connectivity index (χ0n) is 16.1. The summed E-state index contributed by atoms with van der Waals surface area (Å²) in [5, 5.41) is 7.93. The first-order valence-corrected chi connectivity index (χ1v) is 10.3. The second-order valence-corrected chi connectivity index (χ2v) is 8.24. The van der Waals surface area contributed by atoms with E-state index in [4.69, 9.17) is 11.6 Å². The molecule has 28 heavy (non-hydrogen) atoms. The number of hydrogen-bond acceptors (Lipinski definition) is 3. The van der Waals surface area contributed by atoms with Crippen LogP contribution in [-0.4, -0.2) is 51.4 Å². The molecule has 2 aromatic rings. The van der Waals surface area contributed by atoms with Crippen molar-refractivity contribution in [2.24, 2.45) is 5.92 Å². The molecule has 2 aliphatic rings. The minimum Gasteiger partial charge on any atom is -0.338 e. The summed E-state index contributed by atoms with van der Waals surface area (Å²) in [6, 6.07) is 7.41. The lowest BCUT2D eigenvalue weighted by atomic mass is 9.98. The van der Waals surface area contributed by atoms with E-state index in [0.29, 0.717) is 36.1 Å². The Balaban J connectivity index is 1.47. The van der Waals surface area contributed by atoms with Crippen LogP contribution in [0.15, 0.2) is 24.3 Å². The summed E-state index contributed by atoms with van der Waals surface area (Å²) in [6.07, 6.45) is 3.00. The molecular weight excluding hydrogens is 376 g/mol. The van der Waals surface area contributed by atoms with Crippen molar-refractivity contribution in [1.29, 1.82) is 0 Å². The summed E-state index contributed by atoms with van der Waals surface area (Å²) in [5.74, 6) is 0.657. The number of piperidine rings is 1. The number of amides is 2.